The first-order valence-corrected chi connectivity index (χ1v) is 7.91. The minimum Gasteiger partial charge on any atom is -0.312 e. The Balaban J connectivity index is 2.00. The molecule has 1 fully saturated rings. The maximum Gasteiger partial charge on any atom is 0.272 e. The number of fused-ring (bicyclic) bond motifs is 2. The summed E-state index contributed by atoms with van der Waals surface area (Å²) >= 11 is 0. The molecule has 6 heteroatoms. The molecule has 2 amide bonds. The van der Waals surface area contributed by atoms with E-state index >= 15 is 0 Å². The molecule has 4 rings (SSSR count). The van der Waals surface area contributed by atoms with E-state index < -0.39 is 5.66 Å². The zero-order chi connectivity index (χ0) is 16.9. The monoisotopic (exact) mass is 323 g/mol. The molecule has 2 aliphatic heterocycles. The smallest absolute Gasteiger partial charge is 0.272 e. The molecule has 122 valence electrons. The van der Waals surface area contributed by atoms with Crippen molar-refractivity contribution in [2.24, 2.45) is 0 Å². The molecule has 6 nitrogen and oxygen atoms in total. The molecule has 1 saturated heterocycles. The zero-order valence-corrected chi connectivity index (χ0v) is 13.3. The largest absolute Gasteiger partial charge is 0.312 e. The molecule has 1 atom stereocenters. The first-order valence-electron chi connectivity index (χ1n) is 7.91. The second-order valence-corrected chi connectivity index (χ2v) is 6.15. The summed E-state index contributed by atoms with van der Waals surface area (Å²) in [4.78, 5) is 41.1. The van der Waals surface area contributed by atoms with Crippen LogP contribution in [0.15, 0.2) is 53.3 Å². The van der Waals surface area contributed by atoms with Crippen molar-refractivity contribution in [3.05, 3.63) is 70.1 Å². The third-order valence-electron chi connectivity index (χ3n) is 4.95. The molecular weight excluding hydrogens is 306 g/mol. The number of hydrogen-bond donors (Lipinski definition) is 0. The van der Waals surface area contributed by atoms with Crippen molar-refractivity contribution in [2.45, 2.75) is 19.1 Å². The van der Waals surface area contributed by atoms with E-state index in [9.17, 15) is 14.4 Å². The van der Waals surface area contributed by atoms with E-state index in [-0.39, 0.29) is 23.9 Å². The Hall–Kier alpha value is -2.89. The molecule has 0 N–H and O–H groups in total. The van der Waals surface area contributed by atoms with Crippen LogP contribution in [0.4, 0.5) is 0 Å². The van der Waals surface area contributed by atoms with Gasteiger partial charge in [-0.2, -0.15) is 0 Å². The van der Waals surface area contributed by atoms with Gasteiger partial charge < -0.3 is 9.80 Å². The lowest BCUT2D eigenvalue weighted by atomic mass is 9.93. The van der Waals surface area contributed by atoms with Crippen molar-refractivity contribution in [3.63, 3.8) is 0 Å². The van der Waals surface area contributed by atoms with Crippen LogP contribution in [-0.2, 0) is 17.0 Å². The van der Waals surface area contributed by atoms with Crippen LogP contribution in [0.2, 0.25) is 0 Å². The Kier molecular flexibility index (Phi) is 3.09. The van der Waals surface area contributed by atoms with Gasteiger partial charge in [0.1, 0.15) is 5.69 Å². The van der Waals surface area contributed by atoms with Crippen molar-refractivity contribution in [2.75, 3.05) is 13.1 Å². The molecule has 1 unspecified atom stereocenters. The Morgan fingerprint density at radius 2 is 1.75 bits per heavy atom. The number of amides is 2. The number of benzene rings is 1. The van der Waals surface area contributed by atoms with Crippen LogP contribution in [-0.4, -0.2) is 39.3 Å². The average Bonchev–Trinajstić information content (AvgIpc) is 2.98. The first kappa shape index (κ1) is 14.7. The van der Waals surface area contributed by atoms with Gasteiger partial charge in [0.2, 0.25) is 5.91 Å². The van der Waals surface area contributed by atoms with Crippen molar-refractivity contribution in [1.29, 1.82) is 0 Å². The second kappa shape index (κ2) is 5.06. The summed E-state index contributed by atoms with van der Waals surface area (Å²) in [5.41, 5.74) is 0.0423. The minimum atomic E-state index is -0.942. The van der Waals surface area contributed by atoms with E-state index in [4.69, 9.17) is 0 Å². The van der Waals surface area contributed by atoms with Gasteiger partial charge in [0.15, 0.2) is 5.66 Å². The van der Waals surface area contributed by atoms with Crippen LogP contribution < -0.4 is 5.56 Å². The van der Waals surface area contributed by atoms with Gasteiger partial charge in [-0.3, -0.25) is 19.0 Å². The molecule has 24 heavy (non-hydrogen) atoms. The van der Waals surface area contributed by atoms with E-state index in [0.717, 1.165) is 5.56 Å². The molecular formula is C18H17N3O3. The lowest BCUT2D eigenvalue weighted by molar-refractivity contribution is -0.138. The van der Waals surface area contributed by atoms with Gasteiger partial charge in [0.05, 0.1) is 6.54 Å². The topological polar surface area (TPSA) is 62.6 Å². The molecule has 2 aliphatic rings. The van der Waals surface area contributed by atoms with Crippen molar-refractivity contribution in [3.8, 4) is 0 Å². The van der Waals surface area contributed by atoms with Gasteiger partial charge in [-0.15, -0.1) is 0 Å². The summed E-state index contributed by atoms with van der Waals surface area (Å²) in [6.07, 6.45) is 0. The number of pyridine rings is 1. The van der Waals surface area contributed by atoms with Crippen LogP contribution in [0, 0.1) is 0 Å². The number of carbonyl (C=O) groups excluding carboxylic acids is 2. The third-order valence-corrected chi connectivity index (χ3v) is 4.95. The van der Waals surface area contributed by atoms with Crippen LogP contribution >= 0.6 is 0 Å². The van der Waals surface area contributed by atoms with Crippen LogP contribution in [0.25, 0.3) is 0 Å². The van der Waals surface area contributed by atoms with Crippen LogP contribution in [0.5, 0.6) is 0 Å². The summed E-state index contributed by atoms with van der Waals surface area (Å²) in [7, 11) is 0. The van der Waals surface area contributed by atoms with Gasteiger partial charge in [-0.1, -0.05) is 36.4 Å². The van der Waals surface area contributed by atoms with E-state index in [1.165, 1.54) is 17.6 Å². The fourth-order valence-electron chi connectivity index (χ4n) is 3.91. The summed E-state index contributed by atoms with van der Waals surface area (Å²) < 4.78 is 1.48. The lowest BCUT2D eigenvalue weighted by Crippen LogP contribution is -2.61. The molecule has 3 heterocycles. The zero-order valence-electron chi connectivity index (χ0n) is 13.3. The molecule has 0 radical (unpaired) electrons. The van der Waals surface area contributed by atoms with E-state index in [1.807, 2.05) is 30.3 Å². The molecule has 1 aromatic heterocycles. The predicted molar refractivity (Wildman–Crippen MR) is 87.2 cm³/mol. The Bertz CT molecular complexity index is 890. The highest BCUT2D eigenvalue weighted by Gasteiger charge is 2.55. The highest BCUT2D eigenvalue weighted by atomic mass is 16.2. The lowest BCUT2D eigenvalue weighted by Gasteiger charge is -2.47. The Labute approximate surface area is 138 Å². The maximum absolute atomic E-state index is 13.0. The van der Waals surface area contributed by atoms with Crippen molar-refractivity contribution in [1.82, 2.24) is 14.4 Å². The average molecular weight is 323 g/mol. The number of aromatic nitrogens is 1. The third kappa shape index (κ3) is 1.79. The van der Waals surface area contributed by atoms with Crippen LogP contribution in [0.3, 0.4) is 0 Å². The van der Waals surface area contributed by atoms with Crippen molar-refractivity contribution < 1.29 is 9.59 Å². The molecule has 0 saturated carbocycles. The molecule has 0 bridgehead atoms. The summed E-state index contributed by atoms with van der Waals surface area (Å²) in [5.74, 6) is -0.326. The minimum absolute atomic E-state index is 0.110. The van der Waals surface area contributed by atoms with E-state index in [2.05, 4.69) is 0 Å². The fraction of sp³-hybridized carbons (Fsp3) is 0.278. The number of rotatable bonds is 1. The quantitative estimate of drug-likeness (QED) is 0.787. The second-order valence-electron chi connectivity index (χ2n) is 6.15. The van der Waals surface area contributed by atoms with Gasteiger partial charge >= 0.3 is 0 Å². The normalized spacial score (nSPS) is 22.3. The highest BCUT2D eigenvalue weighted by Crippen LogP contribution is 2.41. The summed E-state index contributed by atoms with van der Waals surface area (Å²) in [6, 6.07) is 14.2. The van der Waals surface area contributed by atoms with Gasteiger partial charge in [-0.05, 0) is 11.6 Å². The highest BCUT2D eigenvalue weighted by molar-refractivity contribution is 5.95. The SMILES string of the molecule is CC(=O)N1CCN2C(=O)c3cccc(=O)n3CC12c1ccccc1. The van der Waals surface area contributed by atoms with Gasteiger partial charge in [0, 0.05) is 26.1 Å². The molecule has 0 aliphatic carbocycles. The van der Waals surface area contributed by atoms with E-state index in [0.29, 0.717) is 18.8 Å². The molecule has 0 spiro atoms. The number of nitrogens with zero attached hydrogens (tertiary/aromatic N) is 3. The number of hydrogen-bond acceptors (Lipinski definition) is 3. The molecule has 2 aromatic rings. The predicted octanol–water partition coefficient (Wildman–Crippen LogP) is 1.02. The van der Waals surface area contributed by atoms with Crippen molar-refractivity contribution >= 4 is 11.8 Å². The fourth-order valence-corrected chi connectivity index (χ4v) is 3.91. The maximum atomic E-state index is 13.0. The van der Waals surface area contributed by atoms with Gasteiger partial charge in [0.25, 0.3) is 11.5 Å². The van der Waals surface area contributed by atoms with E-state index in [1.54, 1.807) is 21.9 Å². The summed E-state index contributed by atoms with van der Waals surface area (Å²) in [6.45, 7) is 2.66. The number of carbonyl (C=O) groups is 2. The standard InChI is InChI=1S/C18H17N3O3/c1-13(22)20-10-11-21-17(24)15-8-5-9-16(23)19(15)12-18(20,21)14-6-3-2-4-7-14/h2-9H,10-12H2,1H3. The van der Waals surface area contributed by atoms with Gasteiger partial charge in [-0.25, -0.2) is 0 Å². The first-order chi connectivity index (χ1) is 11.6. The molecule has 1 aromatic carbocycles. The Morgan fingerprint density at radius 1 is 1.00 bits per heavy atom. The van der Waals surface area contributed by atoms with Crippen LogP contribution in [0.1, 0.15) is 23.0 Å². The Morgan fingerprint density at radius 3 is 2.46 bits per heavy atom. The summed E-state index contributed by atoms with van der Waals surface area (Å²) in [5, 5.41) is 0.